The highest BCUT2D eigenvalue weighted by Gasteiger charge is 2.27. The first-order chi connectivity index (χ1) is 14.3. The zero-order valence-corrected chi connectivity index (χ0v) is 17.8. The van der Waals surface area contributed by atoms with Crippen LogP contribution in [0.3, 0.4) is 0 Å². The van der Waals surface area contributed by atoms with E-state index >= 15 is 0 Å². The number of halogens is 2. The Balaban J connectivity index is 1.99. The number of aryl methyl sites for hydroxylation is 1. The van der Waals surface area contributed by atoms with E-state index in [1.54, 1.807) is 18.2 Å². The Morgan fingerprint density at radius 3 is 2.53 bits per heavy atom. The average molecular weight is 476 g/mol. The molecule has 0 bridgehead atoms. The first kappa shape index (κ1) is 21.5. The zero-order chi connectivity index (χ0) is 21.8. The second-order valence-electron chi connectivity index (χ2n) is 6.52. The van der Waals surface area contributed by atoms with E-state index in [1.165, 1.54) is 30.0 Å². The van der Waals surface area contributed by atoms with Gasteiger partial charge < -0.3 is 15.2 Å². The van der Waals surface area contributed by atoms with Crippen molar-refractivity contribution in [2.45, 2.75) is 19.4 Å². The number of carbonyl (C=O) groups is 2. The Morgan fingerprint density at radius 2 is 1.90 bits per heavy atom. The third-order valence-electron chi connectivity index (χ3n) is 4.53. The number of hydrogen-bond donors (Lipinski definition) is 2. The minimum absolute atomic E-state index is 0.0564. The van der Waals surface area contributed by atoms with E-state index < -0.39 is 23.7 Å². The van der Waals surface area contributed by atoms with Crippen molar-refractivity contribution in [2.24, 2.45) is 0 Å². The minimum Gasteiger partial charge on any atom is -0.481 e. The van der Waals surface area contributed by atoms with Crippen molar-refractivity contribution < 1.29 is 23.8 Å². The number of rotatable bonds is 7. The smallest absolute Gasteiger partial charge is 0.305 e. The van der Waals surface area contributed by atoms with E-state index in [2.05, 4.69) is 26.3 Å². The number of nitrogens with zero attached hydrogens (tertiary/aromatic N) is 2. The summed E-state index contributed by atoms with van der Waals surface area (Å²) in [7, 11) is 1.38. The Hall–Kier alpha value is -3.20. The van der Waals surface area contributed by atoms with E-state index in [1.807, 2.05) is 19.1 Å². The highest BCUT2D eigenvalue weighted by Crippen LogP contribution is 2.32. The van der Waals surface area contributed by atoms with E-state index in [-0.39, 0.29) is 28.2 Å². The van der Waals surface area contributed by atoms with Crippen molar-refractivity contribution in [3.63, 3.8) is 0 Å². The molecule has 156 valence electrons. The molecule has 1 aromatic heterocycles. The lowest BCUT2D eigenvalue weighted by Crippen LogP contribution is -2.31. The van der Waals surface area contributed by atoms with Gasteiger partial charge in [-0.05, 0) is 46.1 Å². The van der Waals surface area contributed by atoms with Crippen molar-refractivity contribution in [1.82, 2.24) is 15.1 Å². The Morgan fingerprint density at radius 1 is 1.23 bits per heavy atom. The summed E-state index contributed by atoms with van der Waals surface area (Å²) in [6, 6.07) is 12.4. The quantitative estimate of drug-likeness (QED) is 0.537. The van der Waals surface area contributed by atoms with Gasteiger partial charge in [0.2, 0.25) is 5.88 Å². The van der Waals surface area contributed by atoms with Gasteiger partial charge in [-0.3, -0.25) is 9.59 Å². The molecule has 0 spiro atoms. The van der Waals surface area contributed by atoms with E-state index in [0.717, 1.165) is 5.56 Å². The molecule has 1 amide bonds. The molecular weight excluding hydrogens is 457 g/mol. The van der Waals surface area contributed by atoms with E-state index in [0.29, 0.717) is 5.56 Å². The summed E-state index contributed by atoms with van der Waals surface area (Å²) in [5.74, 6) is -2.08. The van der Waals surface area contributed by atoms with Crippen LogP contribution in [0.5, 0.6) is 5.88 Å². The second kappa shape index (κ2) is 9.08. The van der Waals surface area contributed by atoms with E-state index in [9.17, 15) is 19.1 Å². The fourth-order valence-electron chi connectivity index (χ4n) is 3.11. The fraction of sp³-hybridized carbons (Fsp3) is 0.190. The highest BCUT2D eigenvalue weighted by atomic mass is 79.9. The number of aliphatic carboxylic acids is 1. The van der Waals surface area contributed by atoms with Gasteiger partial charge in [0.05, 0.1) is 19.6 Å². The van der Waals surface area contributed by atoms with Gasteiger partial charge in [-0.2, -0.15) is 9.78 Å². The monoisotopic (exact) mass is 475 g/mol. The van der Waals surface area contributed by atoms with Crippen LogP contribution in [0.2, 0.25) is 0 Å². The minimum atomic E-state index is -1.06. The number of amides is 1. The molecule has 0 saturated heterocycles. The number of aromatic nitrogens is 2. The molecule has 3 rings (SSSR count). The van der Waals surface area contributed by atoms with Gasteiger partial charge >= 0.3 is 5.97 Å². The molecule has 7 nitrogen and oxygen atoms in total. The maximum atomic E-state index is 14.3. The molecule has 0 aliphatic heterocycles. The zero-order valence-electron chi connectivity index (χ0n) is 16.2. The highest BCUT2D eigenvalue weighted by molar-refractivity contribution is 9.10. The van der Waals surface area contributed by atoms with Crippen molar-refractivity contribution in [3.05, 3.63) is 75.6 Å². The van der Waals surface area contributed by atoms with Crippen LogP contribution in [0.15, 0.2) is 53.0 Å². The van der Waals surface area contributed by atoms with Gasteiger partial charge in [0.15, 0.2) is 5.69 Å². The molecule has 3 aromatic rings. The normalized spacial score (nSPS) is 11.7. The Kier molecular flexibility index (Phi) is 6.51. The summed E-state index contributed by atoms with van der Waals surface area (Å²) < 4.78 is 21.0. The van der Waals surface area contributed by atoms with Gasteiger partial charge in [0, 0.05) is 0 Å². The van der Waals surface area contributed by atoms with Crippen LogP contribution in [-0.2, 0) is 4.79 Å². The van der Waals surface area contributed by atoms with Gasteiger partial charge in [0.1, 0.15) is 16.0 Å². The number of para-hydroxylation sites is 1. The maximum Gasteiger partial charge on any atom is 0.305 e. The third-order valence-corrected chi connectivity index (χ3v) is 5.24. The third kappa shape index (κ3) is 4.35. The molecule has 0 aliphatic carbocycles. The predicted molar refractivity (Wildman–Crippen MR) is 111 cm³/mol. The molecule has 0 unspecified atom stereocenters. The fourth-order valence-corrected chi connectivity index (χ4v) is 3.70. The average Bonchev–Trinajstić information content (AvgIpc) is 3.04. The van der Waals surface area contributed by atoms with Crippen LogP contribution in [0.1, 0.15) is 34.1 Å². The summed E-state index contributed by atoms with van der Waals surface area (Å²) in [4.78, 5) is 24.3. The van der Waals surface area contributed by atoms with Crippen molar-refractivity contribution in [3.8, 4) is 11.6 Å². The Bertz CT molecular complexity index is 1100. The van der Waals surface area contributed by atoms with Crippen LogP contribution < -0.4 is 10.1 Å². The summed E-state index contributed by atoms with van der Waals surface area (Å²) >= 11 is 3.29. The Labute approximate surface area is 180 Å². The number of carboxylic acid groups (broad SMARTS) is 1. The van der Waals surface area contributed by atoms with E-state index in [4.69, 9.17) is 4.74 Å². The summed E-state index contributed by atoms with van der Waals surface area (Å²) in [5.41, 5.74) is 1.58. The number of nitrogens with one attached hydrogen (secondary N) is 1. The van der Waals surface area contributed by atoms with Crippen LogP contribution >= 0.6 is 15.9 Å². The summed E-state index contributed by atoms with van der Waals surface area (Å²) in [5, 5.41) is 16.2. The number of carboxylic acids is 1. The lowest BCUT2D eigenvalue weighted by Gasteiger charge is -2.19. The molecule has 1 heterocycles. The molecule has 0 aliphatic rings. The van der Waals surface area contributed by atoms with Crippen LogP contribution in [0.25, 0.3) is 5.69 Å². The number of methoxy groups -OCH3 is 1. The van der Waals surface area contributed by atoms with Crippen LogP contribution in [-0.4, -0.2) is 33.9 Å². The van der Waals surface area contributed by atoms with Gasteiger partial charge in [0.25, 0.3) is 5.91 Å². The van der Waals surface area contributed by atoms with Crippen molar-refractivity contribution >= 4 is 27.8 Å². The molecule has 2 N–H and O–H groups in total. The number of benzene rings is 2. The molecule has 0 saturated carbocycles. The van der Waals surface area contributed by atoms with Crippen LogP contribution in [0, 0.1) is 12.7 Å². The standard InChI is InChI=1S/C21H19BrFN3O4/c1-12-7-3-4-8-13(12)15(11-17(27)28)24-20(29)19-18(22)21(30-2)26(25-19)16-10-6-5-9-14(16)23/h3-10,15H,11H2,1-2H3,(H,24,29)(H,27,28)/t15-/m0/s1. The largest absolute Gasteiger partial charge is 0.481 e. The molecule has 2 aromatic carbocycles. The van der Waals surface area contributed by atoms with Crippen molar-refractivity contribution in [2.75, 3.05) is 7.11 Å². The van der Waals surface area contributed by atoms with Gasteiger partial charge in [-0.15, -0.1) is 0 Å². The number of carbonyl (C=O) groups excluding carboxylic acids is 1. The molecule has 0 fully saturated rings. The lowest BCUT2D eigenvalue weighted by atomic mass is 9.98. The van der Waals surface area contributed by atoms with Crippen molar-refractivity contribution in [1.29, 1.82) is 0 Å². The first-order valence-corrected chi connectivity index (χ1v) is 9.78. The first-order valence-electron chi connectivity index (χ1n) is 8.99. The topological polar surface area (TPSA) is 93.4 Å². The SMILES string of the molecule is COc1c(Br)c(C(=O)N[C@@H](CC(=O)O)c2ccccc2C)nn1-c1ccccc1F. The molecular formula is C21H19BrFN3O4. The number of ether oxygens (including phenoxy) is 1. The number of hydrogen-bond acceptors (Lipinski definition) is 4. The second-order valence-corrected chi connectivity index (χ2v) is 7.31. The summed E-state index contributed by atoms with van der Waals surface area (Å²) in [6.07, 6.45) is -0.306. The predicted octanol–water partition coefficient (Wildman–Crippen LogP) is 4.04. The molecule has 1 atom stereocenters. The molecule has 9 heteroatoms. The summed E-state index contributed by atoms with van der Waals surface area (Å²) in [6.45, 7) is 1.84. The van der Waals surface area contributed by atoms with Gasteiger partial charge in [-0.25, -0.2) is 4.39 Å². The lowest BCUT2D eigenvalue weighted by molar-refractivity contribution is -0.137. The maximum absolute atomic E-state index is 14.3. The van der Waals surface area contributed by atoms with Crippen LogP contribution in [0.4, 0.5) is 4.39 Å². The molecule has 30 heavy (non-hydrogen) atoms. The molecule has 0 radical (unpaired) electrons. The van der Waals surface area contributed by atoms with Gasteiger partial charge in [-0.1, -0.05) is 36.4 Å².